The molecule has 1 saturated carbocycles. The zero-order valence-corrected chi connectivity index (χ0v) is 21.7. The van der Waals surface area contributed by atoms with Crippen LogP contribution in [0.2, 0.25) is 0 Å². The van der Waals surface area contributed by atoms with Crippen molar-refractivity contribution in [1.82, 2.24) is 29.4 Å². The van der Waals surface area contributed by atoms with Crippen molar-refractivity contribution < 1.29 is 9.84 Å². The van der Waals surface area contributed by atoms with E-state index in [0.717, 1.165) is 64.5 Å². The lowest BCUT2D eigenvalue weighted by molar-refractivity contribution is 0.0115. The number of morpholine rings is 1. The smallest absolute Gasteiger partial charge is 0.253 e. The van der Waals surface area contributed by atoms with Crippen molar-refractivity contribution in [2.45, 2.75) is 56.5 Å². The average molecular weight is 518 g/mol. The fraction of sp³-hybridized carbons (Fsp3) is 0.593. The van der Waals surface area contributed by atoms with E-state index in [0.29, 0.717) is 34.8 Å². The highest BCUT2D eigenvalue weighted by Crippen LogP contribution is 2.46. The Morgan fingerprint density at radius 1 is 0.974 bits per heavy atom. The fourth-order valence-corrected chi connectivity index (χ4v) is 6.75. The Hall–Kier alpha value is -3.31. The summed E-state index contributed by atoms with van der Waals surface area (Å²) < 4.78 is 7.67. The summed E-state index contributed by atoms with van der Waals surface area (Å²) in [5.41, 5.74) is 1.96. The van der Waals surface area contributed by atoms with Crippen molar-refractivity contribution >= 4 is 17.3 Å². The largest absolute Gasteiger partial charge is 0.491 e. The van der Waals surface area contributed by atoms with Crippen LogP contribution in [-0.2, 0) is 10.3 Å². The van der Waals surface area contributed by atoms with E-state index in [1.807, 2.05) is 12.3 Å². The van der Waals surface area contributed by atoms with Gasteiger partial charge in [-0.3, -0.25) is 9.47 Å². The molecule has 2 N–H and O–H groups in total. The number of nitrogens with zero attached hydrogens (tertiary/aromatic N) is 8. The Morgan fingerprint density at radius 3 is 2.55 bits per heavy atom. The first-order valence-electron chi connectivity index (χ1n) is 14.0. The van der Waals surface area contributed by atoms with Gasteiger partial charge in [-0.15, -0.1) is 0 Å². The second-order valence-corrected chi connectivity index (χ2v) is 11.0. The van der Waals surface area contributed by atoms with Crippen LogP contribution in [0.25, 0.3) is 11.5 Å². The maximum absolute atomic E-state index is 10.6. The Labute approximate surface area is 222 Å². The summed E-state index contributed by atoms with van der Waals surface area (Å²) >= 11 is 0. The first-order chi connectivity index (χ1) is 18.7. The summed E-state index contributed by atoms with van der Waals surface area (Å²) in [5, 5.41) is 14.0. The molecule has 0 aromatic carbocycles. The molecule has 6 heterocycles. The van der Waals surface area contributed by atoms with Gasteiger partial charge >= 0.3 is 0 Å². The molecule has 0 amide bonds. The highest BCUT2D eigenvalue weighted by atomic mass is 16.5. The van der Waals surface area contributed by atoms with Crippen LogP contribution in [0.1, 0.15) is 44.9 Å². The van der Waals surface area contributed by atoms with Crippen LogP contribution >= 0.6 is 0 Å². The first-order valence-corrected chi connectivity index (χ1v) is 14.0. The van der Waals surface area contributed by atoms with Gasteiger partial charge in [0, 0.05) is 38.8 Å². The Balaban J connectivity index is 1.12. The normalized spacial score (nSPS) is 22.6. The van der Waals surface area contributed by atoms with Crippen molar-refractivity contribution in [3.8, 4) is 17.4 Å². The highest BCUT2D eigenvalue weighted by Gasteiger charge is 2.43. The molecule has 0 radical (unpaired) electrons. The minimum Gasteiger partial charge on any atom is -0.491 e. The monoisotopic (exact) mass is 517 g/mol. The van der Waals surface area contributed by atoms with Crippen LogP contribution in [0.3, 0.4) is 0 Å². The fourth-order valence-electron chi connectivity index (χ4n) is 6.75. The summed E-state index contributed by atoms with van der Waals surface area (Å²) in [6.07, 6.45) is 11.6. The molecular formula is C27H35N9O2. The summed E-state index contributed by atoms with van der Waals surface area (Å²) in [7, 11) is 0. The molecule has 1 spiro atoms. The van der Waals surface area contributed by atoms with Crippen molar-refractivity contribution in [3.05, 3.63) is 30.1 Å². The van der Waals surface area contributed by atoms with Crippen molar-refractivity contribution in [2.24, 2.45) is 4.99 Å². The molecule has 6 aliphatic rings. The lowest BCUT2D eigenvalue weighted by atomic mass is 9.82. The summed E-state index contributed by atoms with van der Waals surface area (Å²) in [4.78, 5) is 27.8. The summed E-state index contributed by atoms with van der Waals surface area (Å²) in [6.45, 7) is 6.66. The van der Waals surface area contributed by atoms with Crippen LogP contribution in [0.5, 0.6) is 5.88 Å². The number of ether oxygens (including phenoxy) is 1. The molecule has 200 valence electrons. The minimum atomic E-state index is -0.0903. The van der Waals surface area contributed by atoms with Gasteiger partial charge in [-0.05, 0) is 37.8 Å². The summed E-state index contributed by atoms with van der Waals surface area (Å²) in [5.74, 6) is 1.93. The minimum absolute atomic E-state index is 0.000490. The van der Waals surface area contributed by atoms with Gasteiger partial charge in [0.1, 0.15) is 5.69 Å². The van der Waals surface area contributed by atoms with Gasteiger partial charge in [0.05, 0.1) is 36.8 Å². The van der Waals surface area contributed by atoms with Gasteiger partial charge in [0.15, 0.2) is 17.5 Å². The van der Waals surface area contributed by atoms with Gasteiger partial charge in [0.2, 0.25) is 0 Å². The second kappa shape index (κ2) is 9.77. The highest BCUT2D eigenvalue weighted by molar-refractivity contribution is 5.63. The maximum atomic E-state index is 10.6. The molecule has 1 aromatic heterocycles. The Morgan fingerprint density at radius 2 is 1.79 bits per heavy atom. The number of aromatic nitrogens is 5. The molecule has 11 heteroatoms. The van der Waals surface area contributed by atoms with E-state index in [4.69, 9.17) is 9.72 Å². The molecule has 3 fully saturated rings. The molecule has 1 aromatic rings. The molecule has 0 unspecified atom stereocenters. The number of hydrogen-bond acceptors (Lipinski definition) is 10. The SMILES string of the molecule is Oc1nc2cnc(=Nc3ccc(N4CCC(N5CCOCC5)CC4)cn3)nc-2n2c1NCC21CCCCC1. The van der Waals surface area contributed by atoms with Gasteiger partial charge in [-0.2, -0.15) is 9.98 Å². The number of nitrogens with one attached hydrogen (secondary N) is 1. The van der Waals surface area contributed by atoms with Gasteiger partial charge in [-0.25, -0.2) is 15.0 Å². The van der Waals surface area contributed by atoms with E-state index in [1.165, 1.54) is 32.1 Å². The lowest BCUT2D eigenvalue weighted by Gasteiger charge is -2.40. The molecule has 11 nitrogen and oxygen atoms in total. The number of piperidine rings is 1. The van der Waals surface area contributed by atoms with E-state index >= 15 is 0 Å². The Bertz CT molecular complexity index is 1320. The third-order valence-corrected chi connectivity index (χ3v) is 8.79. The number of fused-ring (bicyclic) bond motifs is 4. The standard InChI is InChI=1S/C27H35N9O2/c37-25-24-30-18-27(8-2-1-3-9-27)36(24)23-21(31-25)17-29-26(33-23)32-22-5-4-20(16-28-22)34-10-6-19(7-11-34)35-12-14-38-15-13-35/h4-5,16-17,19,30,37H,1-3,6-15,18H2. The summed E-state index contributed by atoms with van der Waals surface area (Å²) in [6, 6.07) is 4.68. The van der Waals surface area contributed by atoms with E-state index < -0.39 is 0 Å². The van der Waals surface area contributed by atoms with Gasteiger partial charge in [0.25, 0.3) is 11.5 Å². The number of anilines is 2. The van der Waals surface area contributed by atoms with Crippen LogP contribution in [0.15, 0.2) is 29.5 Å². The third kappa shape index (κ3) is 4.27. The molecule has 0 atom stereocenters. The molecule has 5 aliphatic heterocycles. The first kappa shape index (κ1) is 23.8. The third-order valence-electron chi connectivity index (χ3n) is 8.79. The second-order valence-electron chi connectivity index (χ2n) is 11.0. The lowest BCUT2D eigenvalue weighted by Crippen LogP contribution is -2.49. The molecule has 1 aliphatic carbocycles. The molecule has 7 rings (SSSR count). The topological polar surface area (TPSA) is 117 Å². The zero-order chi connectivity index (χ0) is 25.5. The molecule has 38 heavy (non-hydrogen) atoms. The quantitative estimate of drug-likeness (QED) is 0.540. The zero-order valence-electron chi connectivity index (χ0n) is 21.7. The maximum Gasteiger partial charge on any atom is 0.253 e. The van der Waals surface area contributed by atoms with E-state index in [-0.39, 0.29) is 11.4 Å². The van der Waals surface area contributed by atoms with E-state index in [2.05, 4.69) is 45.7 Å². The predicted octanol–water partition coefficient (Wildman–Crippen LogP) is 2.50. The van der Waals surface area contributed by atoms with Crippen molar-refractivity contribution in [2.75, 3.05) is 56.2 Å². The molecule has 2 saturated heterocycles. The molecule has 0 bridgehead atoms. The van der Waals surface area contributed by atoms with Gasteiger partial charge < -0.3 is 20.1 Å². The predicted molar refractivity (Wildman–Crippen MR) is 143 cm³/mol. The van der Waals surface area contributed by atoms with Crippen LogP contribution in [0, 0.1) is 0 Å². The molecular weight excluding hydrogens is 482 g/mol. The van der Waals surface area contributed by atoms with Crippen LogP contribution in [0.4, 0.5) is 17.3 Å². The number of aromatic hydroxyl groups is 1. The van der Waals surface area contributed by atoms with Crippen molar-refractivity contribution in [1.29, 1.82) is 0 Å². The van der Waals surface area contributed by atoms with Gasteiger partial charge in [-0.1, -0.05) is 19.3 Å². The van der Waals surface area contributed by atoms with Crippen molar-refractivity contribution in [3.63, 3.8) is 0 Å². The van der Waals surface area contributed by atoms with Crippen LogP contribution in [-0.4, -0.2) is 86.5 Å². The number of rotatable bonds is 3. The number of hydrogen-bond donors (Lipinski definition) is 2. The number of pyridine rings is 1. The van der Waals surface area contributed by atoms with Crippen LogP contribution < -0.4 is 15.8 Å². The average Bonchev–Trinajstić information content (AvgIpc) is 3.34. The van der Waals surface area contributed by atoms with E-state index in [9.17, 15) is 5.11 Å². The Kier molecular flexibility index (Phi) is 6.12. The van der Waals surface area contributed by atoms with E-state index in [1.54, 1.807) is 6.20 Å².